The molecule has 3 rings (SSSR count). The molecule has 1 saturated heterocycles. The van der Waals surface area contributed by atoms with Gasteiger partial charge in [0.15, 0.2) is 14.6 Å². The van der Waals surface area contributed by atoms with Gasteiger partial charge in [-0.3, -0.25) is 4.79 Å². The first kappa shape index (κ1) is 17.8. The molecular weight excluding hydrogens is 344 g/mol. The number of carbonyl (C=O) groups is 1. The Morgan fingerprint density at radius 3 is 2.75 bits per heavy atom. The smallest absolute Gasteiger partial charge is 0.241 e. The standard InChI is InChI=1S/C17H24N2O3S2/c1-24(21,22)17(7-9-18-10-8-17)16(20)19-12-15-14-5-3-2-4-13(14)6-11-23-15/h2-5,15,18H,6-12H2,1H3,(H,19,20). The Hall–Kier alpha value is -1.05. The number of rotatable bonds is 4. The molecule has 1 amide bonds. The average Bonchev–Trinajstić information content (AvgIpc) is 2.59. The molecule has 24 heavy (non-hydrogen) atoms. The van der Waals surface area contributed by atoms with Gasteiger partial charge in [0.05, 0.1) is 0 Å². The van der Waals surface area contributed by atoms with Crippen LogP contribution < -0.4 is 10.6 Å². The zero-order chi connectivity index (χ0) is 17.2. The highest BCUT2D eigenvalue weighted by Gasteiger charge is 2.48. The molecule has 2 aliphatic rings. The molecule has 0 spiro atoms. The van der Waals surface area contributed by atoms with Gasteiger partial charge in [-0.25, -0.2) is 8.42 Å². The number of thioether (sulfide) groups is 1. The fourth-order valence-corrected chi connectivity index (χ4v) is 6.18. The molecule has 2 heterocycles. The van der Waals surface area contributed by atoms with E-state index in [0.29, 0.717) is 32.5 Å². The van der Waals surface area contributed by atoms with Crippen molar-refractivity contribution in [3.63, 3.8) is 0 Å². The van der Waals surface area contributed by atoms with Gasteiger partial charge in [0, 0.05) is 18.1 Å². The molecule has 0 bridgehead atoms. The number of nitrogens with one attached hydrogen (secondary N) is 2. The summed E-state index contributed by atoms with van der Waals surface area (Å²) < 4.78 is 23.3. The summed E-state index contributed by atoms with van der Waals surface area (Å²) in [5.41, 5.74) is 2.59. The Balaban J connectivity index is 1.73. The second-order valence-electron chi connectivity index (χ2n) is 6.53. The van der Waals surface area contributed by atoms with Crippen LogP contribution in [0.3, 0.4) is 0 Å². The zero-order valence-corrected chi connectivity index (χ0v) is 15.5. The predicted octanol–water partition coefficient (Wildman–Crippen LogP) is 1.30. The highest BCUT2D eigenvalue weighted by Crippen LogP contribution is 2.36. The van der Waals surface area contributed by atoms with Gasteiger partial charge in [-0.05, 0) is 49.2 Å². The van der Waals surface area contributed by atoms with Gasteiger partial charge in [-0.2, -0.15) is 11.8 Å². The van der Waals surface area contributed by atoms with Crippen LogP contribution in [0.15, 0.2) is 24.3 Å². The van der Waals surface area contributed by atoms with Crippen LogP contribution in [0.25, 0.3) is 0 Å². The van der Waals surface area contributed by atoms with Crippen molar-refractivity contribution in [3.05, 3.63) is 35.4 Å². The quantitative estimate of drug-likeness (QED) is 0.838. The Kier molecular flexibility index (Phi) is 5.22. The molecule has 7 heteroatoms. The molecular formula is C17H24N2O3S2. The second kappa shape index (κ2) is 7.06. The van der Waals surface area contributed by atoms with E-state index in [1.54, 1.807) is 0 Å². The van der Waals surface area contributed by atoms with Crippen molar-refractivity contribution in [1.82, 2.24) is 10.6 Å². The number of aryl methyl sites for hydroxylation is 1. The van der Waals surface area contributed by atoms with Gasteiger partial charge in [-0.15, -0.1) is 0 Å². The van der Waals surface area contributed by atoms with E-state index >= 15 is 0 Å². The SMILES string of the molecule is CS(=O)(=O)C1(C(=O)NCC2SCCc3ccccc32)CCNCC1. The van der Waals surface area contributed by atoms with E-state index in [-0.39, 0.29) is 11.2 Å². The summed E-state index contributed by atoms with van der Waals surface area (Å²) in [6.45, 7) is 1.59. The minimum atomic E-state index is -3.46. The first-order valence-electron chi connectivity index (χ1n) is 8.32. The Labute approximate surface area is 147 Å². The largest absolute Gasteiger partial charge is 0.353 e. The fraction of sp³-hybridized carbons (Fsp3) is 0.588. The number of fused-ring (bicyclic) bond motifs is 1. The highest BCUT2D eigenvalue weighted by molar-refractivity contribution is 7.99. The van der Waals surface area contributed by atoms with Crippen LogP contribution in [-0.4, -0.2) is 50.7 Å². The molecule has 1 aromatic rings. The maximum atomic E-state index is 12.8. The topological polar surface area (TPSA) is 75.3 Å². The van der Waals surface area contributed by atoms with Crippen molar-refractivity contribution in [2.24, 2.45) is 0 Å². The van der Waals surface area contributed by atoms with Crippen molar-refractivity contribution in [2.45, 2.75) is 29.3 Å². The third-order valence-electron chi connectivity index (χ3n) is 5.08. The van der Waals surface area contributed by atoms with E-state index < -0.39 is 14.6 Å². The summed E-state index contributed by atoms with van der Waals surface area (Å²) in [6, 6.07) is 8.30. The molecule has 0 saturated carbocycles. The Morgan fingerprint density at radius 1 is 1.33 bits per heavy atom. The lowest BCUT2D eigenvalue weighted by Crippen LogP contribution is -2.57. The van der Waals surface area contributed by atoms with Crippen molar-refractivity contribution in [3.8, 4) is 0 Å². The van der Waals surface area contributed by atoms with Crippen molar-refractivity contribution < 1.29 is 13.2 Å². The normalized spacial score (nSPS) is 23.3. The predicted molar refractivity (Wildman–Crippen MR) is 98.0 cm³/mol. The molecule has 132 valence electrons. The van der Waals surface area contributed by atoms with Crippen LogP contribution in [0.2, 0.25) is 0 Å². The lowest BCUT2D eigenvalue weighted by atomic mass is 9.95. The van der Waals surface area contributed by atoms with E-state index in [0.717, 1.165) is 12.2 Å². The number of carbonyl (C=O) groups excluding carboxylic acids is 1. The van der Waals surface area contributed by atoms with E-state index in [1.807, 2.05) is 23.9 Å². The molecule has 1 aromatic carbocycles. The zero-order valence-electron chi connectivity index (χ0n) is 13.9. The number of hydrogen-bond acceptors (Lipinski definition) is 5. The van der Waals surface area contributed by atoms with Crippen LogP contribution in [0.4, 0.5) is 0 Å². The van der Waals surface area contributed by atoms with E-state index in [9.17, 15) is 13.2 Å². The van der Waals surface area contributed by atoms with E-state index in [2.05, 4.69) is 22.8 Å². The van der Waals surface area contributed by atoms with E-state index in [4.69, 9.17) is 0 Å². The Bertz CT molecular complexity index is 712. The summed E-state index contributed by atoms with van der Waals surface area (Å²) >= 11 is 1.82. The van der Waals surface area contributed by atoms with Gasteiger partial charge in [0.1, 0.15) is 0 Å². The lowest BCUT2D eigenvalue weighted by Gasteiger charge is -2.35. The van der Waals surface area contributed by atoms with Gasteiger partial charge >= 0.3 is 0 Å². The molecule has 2 aliphatic heterocycles. The summed E-state index contributed by atoms with van der Waals surface area (Å²) in [6.07, 6.45) is 2.91. The molecule has 0 aliphatic carbocycles. The molecule has 1 fully saturated rings. The summed E-state index contributed by atoms with van der Waals surface area (Å²) in [4.78, 5) is 12.8. The third kappa shape index (κ3) is 3.34. The van der Waals surface area contributed by atoms with Crippen molar-refractivity contribution in [2.75, 3.05) is 31.6 Å². The monoisotopic (exact) mass is 368 g/mol. The number of hydrogen-bond donors (Lipinski definition) is 2. The van der Waals surface area contributed by atoms with Crippen LogP contribution >= 0.6 is 11.8 Å². The third-order valence-corrected chi connectivity index (χ3v) is 8.35. The molecule has 0 aromatic heterocycles. The highest BCUT2D eigenvalue weighted by atomic mass is 32.2. The minimum Gasteiger partial charge on any atom is -0.353 e. The number of amides is 1. The average molecular weight is 369 g/mol. The van der Waals surface area contributed by atoms with Gasteiger partial charge in [0.25, 0.3) is 0 Å². The van der Waals surface area contributed by atoms with Gasteiger partial charge in [-0.1, -0.05) is 24.3 Å². The van der Waals surface area contributed by atoms with Crippen molar-refractivity contribution >= 4 is 27.5 Å². The molecule has 1 unspecified atom stereocenters. The number of piperidine rings is 1. The maximum Gasteiger partial charge on any atom is 0.241 e. The molecule has 2 N–H and O–H groups in total. The van der Waals surface area contributed by atoms with E-state index in [1.165, 1.54) is 17.4 Å². The molecule has 0 radical (unpaired) electrons. The minimum absolute atomic E-state index is 0.192. The number of benzene rings is 1. The summed E-state index contributed by atoms with van der Waals surface area (Å²) in [7, 11) is -3.46. The van der Waals surface area contributed by atoms with Crippen LogP contribution in [0.5, 0.6) is 0 Å². The number of sulfone groups is 1. The second-order valence-corrected chi connectivity index (χ2v) is 10.2. The van der Waals surface area contributed by atoms with Gasteiger partial charge in [0.2, 0.25) is 5.91 Å². The van der Waals surface area contributed by atoms with Crippen LogP contribution in [0.1, 0.15) is 29.2 Å². The van der Waals surface area contributed by atoms with Crippen LogP contribution in [0, 0.1) is 0 Å². The van der Waals surface area contributed by atoms with Gasteiger partial charge < -0.3 is 10.6 Å². The molecule has 5 nitrogen and oxygen atoms in total. The summed E-state index contributed by atoms with van der Waals surface area (Å²) in [5.74, 6) is 0.689. The first-order chi connectivity index (χ1) is 11.4. The molecule has 1 atom stereocenters. The summed E-state index contributed by atoms with van der Waals surface area (Å²) in [5, 5.41) is 6.27. The lowest BCUT2D eigenvalue weighted by molar-refractivity contribution is -0.124. The first-order valence-corrected chi connectivity index (χ1v) is 11.3. The van der Waals surface area contributed by atoms with Crippen molar-refractivity contribution in [1.29, 1.82) is 0 Å². The van der Waals surface area contributed by atoms with Crippen LogP contribution in [-0.2, 0) is 21.1 Å². The fourth-order valence-electron chi connectivity index (χ4n) is 3.59. The maximum absolute atomic E-state index is 12.8. The Morgan fingerprint density at radius 2 is 2.04 bits per heavy atom.